The van der Waals surface area contributed by atoms with Crippen molar-refractivity contribution in [3.05, 3.63) is 53.5 Å². The number of rotatable bonds is 3. The molecule has 0 atom stereocenters. The fourth-order valence-corrected chi connectivity index (χ4v) is 1.57. The summed E-state index contributed by atoms with van der Waals surface area (Å²) in [5, 5.41) is 14.3. The van der Waals surface area contributed by atoms with Crippen molar-refractivity contribution in [2.24, 2.45) is 10.9 Å². The van der Waals surface area contributed by atoms with Crippen LogP contribution in [-0.2, 0) is 0 Å². The molecule has 6 heteroatoms. The van der Waals surface area contributed by atoms with Gasteiger partial charge >= 0.3 is 0 Å². The van der Waals surface area contributed by atoms with E-state index in [1.54, 1.807) is 30.3 Å². The fraction of sp³-hybridized carbons (Fsp3) is 0.0769. The summed E-state index contributed by atoms with van der Waals surface area (Å²) in [5.74, 6) is -0.160. The van der Waals surface area contributed by atoms with Crippen LogP contribution in [0.15, 0.2) is 46.2 Å². The molecular formula is C13H13N3O3. The predicted octanol–water partition coefficient (Wildman–Crippen LogP) is 1.93. The van der Waals surface area contributed by atoms with Crippen LogP contribution in [0.4, 0.5) is 5.69 Å². The van der Waals surface area contributed by atoms with Crippen molar-refractivity contribution in [3.8, 4) is 0 Å². The van der Waals surface area contributed by atoms with E-state index < -0.39 is 0 Å². The zero-order valence-corrected chi connectivity index (χ0v) is 10.3. The molecule has 0 aliphatic carbocycles. The van der Waals surface area contributed by atoms with E-state index in [0.29, 0.717) is 11.3 Å². The minimum atomic E-state index is -0.357. The first-order valence-electron chi connectivity index (χ1n) is 5.55. The lowest BCUT2D eigenvalue weighted by Crippen LogP contribution is -2.16. The van der Waals surface area contributed by atoms with Gasteiger partial charge in [0.25, 0.3) is 5.91 Å². The number of hydrogen-bond donors (Lipinski definition) is 3. The van der Waals surface area contributed by atoms with Gasteiger partial charge in [-0.15, -0.1) is 0 Å². The highest BCUT2D eigenvalue weighted by atomic mass is 16.4. The lowest BCUT2D eigenvalue weighted by molar-refractivity contribution is 0.0996. The summed E-state index contributed by atoms with van der Waals surface area (Å²) in [6, 6.07) is 8.30. The van der Waals surface area contributed by atoms with E-state index in [1.807, 2.05) is 6.92 Å². The van der Waals surface area contributed by atoms with E-state index in [4.69, 9.17) is 15.4 Å². The highest BCUT2D eigenvalue weighted by molar-refractivity contribution is 6.04. The molecule has 1 aromatic heterocycles. The quantitative estimate of drug-likeness (QED) is 0.339. The second-order valence-corrected chi connectivity index (χ2v) is 3.95. The van der Waals surface area contributed by atoms with Crippen molar-refractivity contribution in [1.82, 2.24) is 0 Å². The van der Waals surface area contributed by atoms with E-state index in [-0.39, 0.29) is 17.5 Å². The number of nitrogens with zero attached hydrogens (tertiary/aromatic N) is 1. The zero-order chi connectivity index (χ0) is 13.8. The van der Waals surface area contributed by atoms with Crippen molar-refractivity contribution < 1.29 is 14.4 Å². The van der Waals surface area contributed by atoms with Crippen molar-refractivity contribution >= 4 is 17.4 Å². The summed E-state index contributed by atoms with van der Waals surface area (Å²) < 4.78 is 5.01. The Balaban J connectivity index is 2.27. The van der Waals surface area contributed by atoms with Gasteiger partial charge in [0.15, 0.2) is 11.6 Å². The van der Waals surface area contributed by atoms with Crippen molar-refractivity contribution in [1.29, 1.82) is 0 Å². The molecule has 2 rings (SSSR count). The third kappa shape index (κ3) is 2.74. The van der Waals surface area contributed by atoms with Crippen LogP contribution in [0.2, 0.25) is 0 Å². The summed E-state index contributed by atoms with van der Waals surface area (Å²) in [7, 11) is 0. The number of carbonyl (C=O) groups excluding carboxylic acids is 1. The zero-order valence-electron chi connectivity index (χ0n) is 10.3. The van der Waals surface area contributed by atoms with Crippen LogP contribution < -0.4 is 11.1 Å². The van der Waals surface area contributed by atoms with Crippen molar-refractivity contribution in [3.63, 3.8) is 0 Å². The molecule has 0 aliphatic heterocycles. The molecule has 6 nitrogen and oxygen atoms in total. The highest BCUT2D eigenvalue weighted by Crippen LogP contribution is 2.18. The van der Waals surface area contributed by atoms with Crippen LogP contribution in [0.3, 0.4) is 0 Å². The Morgan fingerprint density at radius 2 is 2.21 bits per heavy atom. The van der Waals surface area contributed by atoms with E-state index in [0.717, 1.165) is 5.56 Å². The third-order valence-electron chi connectivity index (χ3n) is 2.63. The van der Waals surface area contributed by atoms with E-state index in [9.17, 15) is 4.79 Å². The monoisotopic (exact) mass is 259 g/mol. The van der Waals surface area contributed by atoms with Gasteiger partial charge in [0, 0.05) is 11.3 Å². The number of amides is 1. The van der Waals surface area contributed by atoms with Crippen LogP contribution in [0.1, 0.15) is 21.7 Å². The van der Waals surface area contributed by atoms with Gasteiger partial charge in [0.2, 0.25) is 0 Å². The van der Waals surface area contributed by atoms with Gasteiger partial charge in [0.1, 0.15) is 0 Å². The second kappa shape index (κ2) is 5.26. The smallest absolute Gasteiger partial charge is 0.291 e. The number of benzene rings is 1. The van der Waals surface area contributed by atoms with E-state index in [2.05, 4.69) is 10.5 Å². The minimum absolute atomic E-state index is 0.0199. The van der Waals surface area contributed by atoms with Gasteiger partial charge < -0.3 is 20.7 Å². The van der Waals surface area contributed by atoms with Gasteiger partial charge in [-0.3, -0.25) is 4.79 Å². The van der Waals surface area contributed by atoms with Gasteiger partial charge in [-0.25, -0.2) is 0 Å². The first-order chi connectivity index (χ1) is 9.11. The molecule has 1 heterocycles. The number of carbonyl (C=O) groups is 1. The summed E-state index contributed by atoms with van der Waals surface area (Å²) in [5.41, 5.74) is 7.45. The minimum Gasteiger partial charge on any atom is -0.459 e. The van der Waals surface area contributed by atoms with Crippen LogP contribution in [-0.4, -0.2) is 17.0 Å². The van der Waals surface area contributed by atoms with Crippen LogP contribution >= 0.6 is 0 Å². The maximum absolute atomic E-state index is 11.9. The number of amidine groups is 1. The summed E-state index contributed by atoms with van der Waals surface area (Å²) in [6.45, 7) is 1.84. The summed E-state index contributed by atoms with van der Waals surface area (Å²) >= 11 is 0. The lowest BCUT2D eigenvalue weighted by atomic mass is 10.1. The maximum Gasteiger partial charge on any atom is 0.291 e. The molecule has 1 amide bonds. The summed E-state index contributed by atoms with van der Waals surface area (Å²) in [6.07, 6.45) is 1.43. The predicted molar refractivity (Wildman–Crippen MR) is 70.4 cm³/mol. The Kier molecular flexibility index (Phi) is 3.51. The molecule has 0 unspecified atom stereocenters. The van der Waals surface area contributed by atoms with Gasteiger partial charge in [-0.05, 0) is 30.7 Å². The molecule has 2 aromatic rings. The molecule has 19 heavy (non-hydrogen) atoms. The maximum atomic E-state index is 11.9. The third-order valence-corrected chi connectivity index (χ3v) is 2.63. The van der Waals surface area contributed by atoms with Crippen molar-refractivity contribution in [2.45, 2.75) is 6.92 Å². The Labute approximate surface area is 109 Å². The number of furan rings is 1. The topological polar surface area (TPSA) is 101 Å². The van der Waals surface area contributed by atoms with Gasteiger partial charge in [-0.1, -0.05) is 17.3 Å². The standard InChI is InChI=1S/C13H13N3O3/c1-8-4-5-9(12(14)16-18)7-10(8)15-13(17)11-3-2-6-19-11/h2-7,18H,1H3,(H2,14,16)(H,15,17). The van der Waals surface area contributed by atoms with Gasteiger partial charge in [0.05, 0.1) is 6.26 Å². The number of anilines is 1. The van der Waals surface area contributed by atoms with E-state index in [1.165, 1.54) is 6.26 Å². The van der Waals surface area contributed by atoms with Crippen LogP contribution in [0.5, 0.6) is 0 Å². The molecule has 0 saturated heterocycles. The molecule has 1 aromatic carbocycles. The Morgan fingerprint density at radius 1 is 1.42 bits per heavy atom. The molecule has 0 bridgehead atoms. The molecule has 0 aliphatic rings. The molecule has 0 saturated carbocycles. The lowest BCUT2D eigenvalue weighted by Gasteiger charge is -2.09. The fourth-order valence-electron chi connectivity index (χ4n) is 1.57. The van der Waals surface area contributed by atoms with Gasteiger partial charge in [-0.2, -0.15) is 0 Å². The number of hydrogen-bond acceptors (Lipinski definition) is 4. The highest BCUT2D eigenvalue weighted by Gasteiger charge is 2.11. The first-order valence-corrected chi connectivity index (χ1v) is 5.55. The molecular weight excluding hydrogens is 246 g/mol. The first kappa shape index (κ1) is 12.7. The number of nitrogens with one attached hydrogen (secondary N) is 1. The number of aryl methyl sites for hydroxylation is 1. The average Bonchev–Trinajstić information content (AvgIpc) is 2.94. The van der Waals surface area contributed by atoms with E-state index >= 15 is 0 Å². The Morgan fingerprint density at radius 3 is 2.84 bits per heavy atom. The largest absolute Gasteiger partial charge is 0.459 e. The van der Waals surface area contributed by atoms with Crippen LogP contribution in [0, 0.1) is 6.92 Å². The number of oxime groups is 1. The normalized spacial score (nSPS) is 11.3. The Hall–Kier alpha value is -2.76. The molecule has 98 valence electrons. The Bertz CT molecular complexity index is 618. The van der Waals surface area contributed by atoms with Crippen molar-refractivity contribution in [2.75, 3.05) is 5.32 Å². The molecule has 0 spiro atoms. The molecule has 0 radical (unpaired) electrons. The average molecular weight is 259 g/mol. The van der Waals surface area contributed by atoms with Crippen LogP contribution in [0.25, 0.3) is 0 Å². The molecule has 0 fully saturated rings. The SMILES string of the molecule is Cc1ccc(/C(N)=N/O)cc1NC(=O)c1ccco1. The second-order valence-electron chi connectivity index (χ2n) is 3.95. The summed E-state index contributed by atoms with van der Waals surface area (Å²) in [4.78, 5) is 11.9. The molecule has 4 N–H and O–H groups in total. The number of nitrogens with two attached hydrogens (primary N) is 1.